The van der Waals surface area contributed by atoms with Crippen LogP contribution in [0.1, 0.15) is 15.9 Å². The molecule has 0 unspecified atom stereocenters. The second-order valence-corrected chi connectivity index (χ2v) is 6.41. The maximum atomic E-state index is 12.4. The van der Waals surface area contributed by atoms with Crippen LogP contribution in [0.2, 0.25) is 0 Å². The van der Waals surface area contributed by atoms with Crippen molar-refractivity contribution in [2.75, 3.05) is 11.9 Å². The van der Waals surface area contributed by atoms with Gasteiger partial charge in [-0.15, -0.1) is 0 Å². The fourth-order valence-corrected chi connectivity index (χ4v) is 2.62. The van der Waals surface area contributed by atoms with Crippen LogP contribution < -0.4 is 20.9 Å². The average molecular weight is 405 g/mol. The van der Waals surface area contributed by atoms with Gasteiger partial charge in [-0.05, 0) is 48.6 Å². The van der Waals surface area contributed by atoms with Crippen LogP contribution in [0.15, 0.2) is 84.9 Å². The molecule has 6 nitrogen and oxygen atoms in total. The second kappa shape index (κ2) is 10.0. The van der Waals surface area contributed by atoms with E-state index >= 15 is 0 Å². The molecule has 0 spiro atoms. The van der Waals surface area contributed by atoms with Crippen LogP contribution >= 0.6 is 12.2 Å². The lowest BCUT2D eigenvalue weighted by molar-refractivity contribution is -0.123. The summed E-state index contributed by atoms with van der Waals surface area (Å²) >= 11 is 5.10. The summed E-state index contributed by atoms with van der Waals surface area (Å²) in [5.41, 5.74) is 7.03. The molecule has 0 aliphatic heterocycles. The number of benzene rings is 3. The molecule has 3 rings (SSSR count). The number of carbonyl (C=O) groups excluding carboxylic acids is 2. The van der Waals surface area contributed by atoms with Gasteiger partial charge < -0.3 is 10.1 Å². The van der Waals surface area contributed by atoms with E-state index < -0.39 is 5.91 Å². The van der Waals surface area contributed by atoms with Gasteiger partial charge in [-0.2, -0.15) is 0 Å². The number of ether oxygens (including phenoxy) is 1. The first-order valence-electron chi connectivity index (χ1n) is 8.85. The van der Waals surface area contributed by atoms with Crippen LogP contribution in [-0.4, -0.2) is 23.4 Å². The SMILES string of the molecule is O=C(COc1ccc(C(=O)c2ccccc2)cc1)NNC(=S)Nc1ccccc1. The highest BCUT2D eigenvalue weighted by Crippen LogP contribution is 2.15. The molecule has 1 amide bonds. The van der Waals surface area contributed by atoms with Crippen LogP contribution in [0, 0.1) is 0 Å². The van der Waals surface area contributed by atoms with Crippen molar-refractivity contribution in [2.24, 2.45) is 0 Å². The Hall–Kier alpha value is -3.71. The minimum absolute atomic E-state index is 0.0708. The van der Waals surface area contributed by atoms with E-state index in [2.05, 4.69) is 16.2 Å². The van der Waals surface area contributed by atoms with E-state index in [0.29, 0.717) is 16.9 Å². The molecule has 3 aromatic rings. The smallest absolute Gasteiger partial charge is 0.276 e. The summed E-state index contributed by atoms with van der Waals surface area (Å²) < 4.78 is 5.43. The molecule has 0 heterocycles. The minimum atomic E-state index is -0.397. The molecular weight excluding hydrogens is 386 g/mol. The van der Waals surface area contributed by atoms with E-state index in [0.717, 1.165) is 5.69 Å². The van der Waals surface area contributed by atoms with Crippen LogP contribution in [0.4, 0.5) is 5.69 Å². The van der Waals surface area contributed by atoms with Crippen molar-refractivity contribution in [3.05, 3.63) is 96.1 Å². The Labute approximate surface area is 173 Å². The quantitative estimate of drug-likeness (QED) is 0.332. The fourth-order valence-electron chi connectivity index (χ4n) is 2.45. The zero-order valence-electron chi connectivity index (χ0n) is 15.4. The number of anilines is 1. The highest BCUT2D eigenvalue weighted by molar-refractivity contribution is 7.80. The summed E-state index contributed by atoms with van der Waals surface area (Å²) in [6.07, 6.45) is 0. The average Bonchev–Trinajstić information content (AvgIpc) is 2.77. The number of nitrogens with one attached hydrogen (secondary N) is 3. The van der Waals surface area contributed by atoms with Crippen molar-refractivity contribution in [1.82, 2.24) is 10.9 Å². The first-order valence-corrected chi connectivity index (χ1v) is 9.26. The van der Waals surface area contributed by atoms with Gasteiger partial charge in [0.1, 0.15) is 5.75 Å². The van der Waals surface area contributed by atoms with Crippen molar-refractivity contribution >= 4 is 34.7 Å². The minimum Gasteiger partial charge on any atom is -0.484 e. The van der Waals surface area contributed by atoms with Gasteiger partial charge in [0.15, 0.2) is 17.5 Å². The molecule has 0 saturated heterocycles. The number of thiocarbonyl (C=S) groups is 1. The monoisotopic (exact) mass is 405 g/mol. The van der Waals surface area contributed by atoms with Crippen molar-refractivity contribution in [2.45, 2.75) is 0 Å². The van der Waals surface area contributed by atoms with Crippen molar-refractivity contribution < 1.29 is 14.3 Å². The molecule has 0 atom stereocenters. The molecule has 0 fully saturated rings. The molecule has 7 heteroatoms. The lowest BCUT2D eigenvalue weighted by atomic mass is 10.0. The normalized spacial score (nSPS) is 9.93. The first kappa shape index (κ1) is 20.0. The lowest BCUT2D eigenvalue weighted by Crippen LogP contribution is -2.45. The van der Waals surface area contributed by atoms with Gasteiger partial charge in [0, 0.05) is 16.8 Å². The molecule has 0 bridgehead atoms. The van der Waals surface area contributed by atoms with E-state index in [4.69, 9.17) is 17.0 Å². The molecule has 0 aliphatic carbocycles. The Morgan fingerprint density at radius 1 is 0.759 bits per heavy atom. The highest BCUT2D eigenvalue weighted by atomic mass is 32.1. The summed E-state index contributed by atoms with van der Waals surface area (Å²) in [6.45, 7) is -0.201. The number of para-hydroxylation sites is 1. The molecule has 3 N–H and O–H groups in total. The zero-order valence-corrected chi connectivity index (χ0v) is 16.2. The summed E-state index contributed by atoms with van der Waals surface area (Å²) in [5, 5.41) is 3.19. The molecule has 0 aromatic heterocycles. The van der Waals surface area contributed by atoms with E-state index in [9.17, 15) is 9.59 Å². The van der Waals surface area contributed by atoms with E-state index in [-0.39, 0.29) is 17.5 Å². The number of amides is 1. The molecule has 146 valence electrons. The summed E-state index contributed by atoms with van der Waals surface area (Å²) in [4.78, 5) is 24.3. The molecule has 29 heavy (non-hydrogen) atoms. The van der Waals surface area contributed by atoms with E-state index in [1.54, 1.807) is 36.4 Å². The lowest BCUT2D eigenvalue weighted by Gasteiger charge is -2.12. The standard InChI is InChI=1S/C22H19N3O3S/c26-20(24-25-22(29)23-18-9-5-2-6-10-18)15-28-19-13-11-17(12-14-19)21(27)16-7-3-1-4-8-16/h1-14H,15H2,(H,24,26)(H2,23,25,29). The Kier molecular flexibility index (Phi) is 6.91. The van der Waals surface area contributed by atoms with Gasteiger partial charge in [-0.3, -0.25) is 20.4 Å². The second-order valence-electron chi connectivity index (χ2n) is 6.00. The summed E-state index contributed by atoms with van der Waals surface area (Å²) in [6, 6.07) is 25.0. The third-order valence-corrected chi connectivity index (χ3v) is 4.07. The Bertz CT molecular complexity index is 977. The van der Waals surface area contributed by atoms with Gasteiger partial charge in [0.25, 0.3) is 5.91 Å². The third kappa shape index (κ3) is 6.15. The first-order chi connectivity index (χ1) is 14.1. The van der Waals surface area contributed by atoms with Crippen molar-refractivity contribution in [1.29, 1.82) is 0 Å². The van der Waals surface area contributed by atoms with Gasteiger partial charge in [0.2, 0.25) is 0 Å². The predicted octanol–water partition coefficient (Wildman–Crippen LogP) is 3.31. The van der Waals surface area contributed by atoms with Gasteiger partial charge >= 0.3 is 0 Å². The maximum absolute atomic E-state index is 12.4. The Morgan fingerprint density at radius 2 is 1.34 bits per heavy atom. The molecule has 3 aromatic carbocycles. The van der Waals surface area contributed by atoms with Crippen LogP contribution in [-0.2, 0) is 4.79 Å². The van der Waals surface area contributed by atoms with E-state index in [1.807, 2.05) is 48.5 Å². The molecule has 0 aliphatic rings. The number of hydrazine groups is 1. The number of ketones is 1. The van der Waals surface area contributed by atoms with Crippen LogP contribution in [0.25, 0.3) is 0 Å². The van der Waals surface area contributed by atoms with Gasteiger partial charge in [-0.25, -0.2) is 0 Å². The van der Waals surface area contributed by atoms with Crippen LogP contribution in [0.5, 0.6) is 5.75 Å². The largest absolute Gasteiger partial charge is 0.484 e. The molecule has 0 saturated carbocycles. The number of rotatable bonds is 6. The highest BCUT2D eigenvalue weighted by Gasteiger charge is 2.09. The number of hydrogen-bond donors (Lipinski definition) is 3. The van der Waals surface area contributed by atoms with Crippen molar-refractivity contribution in [3.63, 3.8) is 0 Å². The third-order valence-electron chi connectivity index (χ3n) is 3.87. The van der Waals surface area contributed by atoms with Crippen molar-refractivity contribution in [3.8, 4) is 5.75 Å². The Morgan fingerprint density at radius 3 is 2.00 bits per heavy atom. The predicted molar refractivity (Wildman–Crippen MR) is 116 cm³/mol. The topological polar surface area (TPSA) is 79.5 Å². The summed E-state index contributed by atoms with van der Waals surface area (Å²) in [7, 11) is 0. The molecular formula is C22H19N3O3S. The number of hydrogen-bond acceptors (Lipinski definition) is 4. The molecule has 0 radical (unpaired) electrons. The Balaban J connectivity index is 1.43. The van der Waals surface area contributed by atoms with Crippen LogP contribution in [0.3, 0.4) is 0 Å². The van der Waals surface area contributed by atoms with Gasteiger partial charge in [-0.1, -0.05) is 48.5 Å². The zero-order chi connectivity index (χ0) is 20.5. The van der Waals surface area contributed by atoms with E-state index in [1.165, 1.54) is 0 Å². The summed E-state index contributed by atoms with van der Waals surface area (Å²) in [5.74, 6) is 0.0138. The maximum Gasteiger partial charge on any atom is 0.276 e. The number of carbonyl (C=O) groups is 2. The fraction of sp³-hybridized carbons (Fsp3) is 0.0455. The van der Waals surface area contributed by atoms with Gasteiger partial charge in [0.05, 0.1) is 0 Å².